The molecule has 17 atom stereocenters. The molecule has 84 heavy (non-hydrogen) atoms. The van der Waals surface area contributed by atoms with Crippen molar-refractivity contribution < 1.29 is 89.4 Å². The van der Waals surface area contributed by atoms with Crippen molar-refractivity contribution in [2.75, 3.05) is 26.4 Å². The first-order valence-electron chi connectivity index (χ1n) is 33.6. The Morgan fingerprint density at radius 2 is 0.762 bits per heavy atom. The lowest BCUT2D eigenvalue weighted by atomic mass is 9.96. The van der Waals surface area contributed by atoms with Gasteiger partial charge in [0.05, 0.1) is 38.6 Å². The molecule has 0 radical (unpaired) electrons. The van der Waals surface area contributed by atoms with Crippen LogP contribution in [0.4, 0.5) is 0 Å². The summed E-state index contributed by atoms with van der Waals surface area (Å²) in [6, 6.07) is -0.986. The fourth-order valence-electron chi connectivity index (χ4n) is 11.5. The minimum atomic E-state index is -1.98. The zero-order valence-electron chi connectivity index (χ0n) is 51.9. The lowest BCUT2D eigenvalue weighted by Gasteiger charge is -2.48. The summed E-state index contributed by atoms with van der Waals surface area (Å²) in [5.41, 5.74) is 0. The minimum absolute atomic E-state index is 0.240. The molecule has 0 spiro atoms. The molecule has 3 heterocycles. The maximum absolute atomic E-state index is 13.4. The van der Waals surface area contributed by atoms with Crippen molar-refractivity contribution in [3.63, 3.8) is 0 Å². The number of hydrogen-bond donors (Lipinski definition) is 12. The summed E-state index contributed by atoms with van der Waals surface area (Å²) in [5.74, 6) is -0.282. The third-order valence-electron chi connectivity index (χ3n) is 17.0. The summed E-state index contributed by atoms with van der Waals surface area (Å²) < 4.78 is 34.3. The van der Waals surface area contributed by atoms with Crippen molar-refractivity contribution in [3.8, 4) is 0 Å². The molecule has 0 aromatic heterocycles. The molecular weight excluding hydrogens is 1080 g/mol. The van der Waals surface area contributed by atoms with Crippen LogP contribution >= 0.6 is 0 Å². The molecule has 3 aliphatic heterocycles. The predicted octanol–water partition coefficient (Wildman–Crippen LogP) is 7.88. The second-order valence-corrected chi connectivity index (χ2v) is 24.3. The van der Waals surface area contributed by atoms with Crippen LogP contribution in [0.2, 0.25) is 0 Å². The van der Waals surface area contributed by atoms with Gasteiger partial charge < -0.3 is 89.9 Å². The molecular formula is C65H121NO18. The molecule has 1 amide bonds. The highest BCUT2D eigenvalue weighted by Gasteiger charge is 2.53. The first kappa shape index (κ1) is 76.5. The average Bonchev–Trinajstić information content (AvgIpc) is 3.65. The number of amides is 1. The molecule has 3 rings (SSSR count). The normalized spacial score (nSPS) is 29.3. The lowest BCUT2D eigenvalue weighted by Crippen LogP contribution is -2.66. The maximum atomic E-state index is 13.4. The molecule has 0 saturated carbocycles. The van der Waals surface area contributed by atoms with Crippen molar-refractivity contribution in [1.82, 2.24) is 5.32 Å². The standard InChI is InChI=1S/C65H121NO18/c1-3-5-7-9-11-13-15-17-19-21-22-23-24-25-26-27-28-30-32-34-36-38-40-42-49(70)48(66-53(71)43-41-39-37-35-33-31-29-20-18-16-14-12-10-8-6-4-2)47-79-63-59(77)56(74)61(51(45-68)81-63)84-65-60(78)57(75)62(52(46-69)82-65)83-64-58(76)55(73)54(72)50(44-67)80-64/h32,34,40,42,48-52,54-65,67-70,72-78H,3-31,33,35-39,41,43-47H2,1-2H3,(H,66,71)/b34-32+,42-40+. The van der Waals surface area contributed by atoms with E-state index >= 15 is 0 Å². The Kier molecular flexibility index (Phi) is 43.9. The number of unbranched alkanes of at least 4 members (excludes halogenated alkanes) is 33. The fourth-order valence-corrected chi connectivity index (χ4v) is 11.5. The zero-order chi connectivity index (χ0) is 61.2. The van der Waals surface area contributed by atoms with Crippen LogP contribution in [0.15, 0.2) is 24.3 Å². The van der Waals surface area contributed by atoms with Crippen LogP contribution in [0.3, 0.4) is 0 Å². The smallest absolute Gasteiger partial charge is 0.220 e. The summed E-state index contributed by atoms with van der Waals surface area (Å²) in [4.78, 5) is 13.4. The molecule has 0 bridgehead atoms. The number of aliphatic hydroxyl groups excluding tert-OH is 11. The van der Waals surface area contributed by atoms with Gasteiger partial charge in [0.15, 0.2) is 18.9 Å². The Balaban J connectivity index is 1.47. The number of ether oxygens (including phenoxy) is 6. The van der Waals surface area contributed by atoms with Crippen molar-refractivity contribution >= 4 is 5.91 Å². The van der Waals surface area contributed by atoms with E-state index in [1.165, 1.54) is 180 Å². The predicted molar refractivity (Wildman–Crippen MR) is 323 cm³/mol. The van der Waals surface area contributed by atoms with Crippen LogP contribution in [-0.2, 0) is 33.2 Å². The highest BCUT2D eigenvalue weighted by atomic mass is 16.8. The summed E-state index contributed by atoms with van der Waals surface area (Å²) in [7, 11) is 0. The van der Waals surface area contributed by atoms with E-state index in [1.54, 1.807) is 6.08 Å². The number of nitrogens with one attached hydrogen (secondary N) is 1. The van der Waals surface area contributed by atoms with Crippen molar-refractivity contribution in [3.05, 3.63) is 24.3 Å². The highest BCUT2D eigenvalue weighted by molar-refractivity contribution is 5.76. The van der Waals surface area contributed by atoms with Gasteiger partial charge in [0.2, 0.25) is 5.91 Å². The minimum Gasteiger partial charge on any atom is -0.394 e. The summed E-state index contributed by atoms with van der Waals surface area (Å²) in [6.45, 7) is 1.74. The first-order valence-corrected chi connectivity index (χ1v) is 33.6. The third-order valence-corrected chi connectivity index (χ3v) is 17.0. The number of carbonyl (C=O) groups excluding carboxylic acids is 1. The molecule has 3 aliphatic rings. The number of hydrogen-bond acceptors (Lipinski definition) is 18. The Labute approximate surface area is 505 Å². The van der Waals surface area contributed by atoms with Gasteiger partial charge in [-0.3, -0.25) is 4.79 Å². The van der Waals surface area contributed by atoms with Gasteiger partial charge in [-0.15, -0.1) is 0 Å². The van der Waals surface area contributed by atoms with Gasteiger partial charge >= 0.3 is 0 Å². The fraction of sp³-hybridized carbons (Fsp3) is 0.923. The van der Waals surface area contributed by atoms with Crippen LogP contribution in [0.25, 0.3) is 0 Å². The topological polar surface area (TPSA) is 307 Å². The van der Waals surface area contributed by atoms with Crippen LogP contribution in [-0.4, -0.2) is 193 Å². The van der Waals surface area contributed by atoms with E-state index in [4.69, 9.17) is 28.4 Å². The van der Waals surface area contributed by atoms with Gasteiger partial charge in [0, 0.05) is 6.42 Å². The Morgan fingerprint density at radius 1 is 0.417 bits per heavy atom. The first-order chi connectivity index (χ1) is 40.8. The van der Waals surface area contributed by atoms with E-state index in [-0.39, 0.29) is 18.9 Å². The Bertz CT molecular complexity index is 1630. The van der Waals surface area contributed by atoms with Gasteiger partial charge in [-0.05, 0) is 32.1 Å². The van der Waals surface area contributed by atoms with Crippen molar-refractivity contribution in [1.29, 1.82) is 0 Å². The van der Waals surface area contributed by atoms with E-state index in [2.05, 4.69) is 31.3 Å². The van der Waals surface area contributed by atoms with E-state index in [0.717, 1.165) is 38.5 Å². The van der Waals surface area contributed by atoms with Gasteiger partial charge in [-0.25, -0.2) is 0 Å². The van der Waals surface area contributed by atoms with E-state index < -0.39 is 124 Å². The van der Waals surface area contributed by atoms with Gasteiger partial charge in [-0.2, -0.15) is 0 Å². The SMILES string of the molecule is CCCCCCCCCCCCCCCCCCC/C=C/CC/C=C/C(O)C(COC1OC(CO)C(OC2OC(CO)C(OC3OC(CO)C(O)C(O)C3O)C(O)C2O)C(O)C1O)NC(=O)CCCCCCCCCCCCCCCCCC. The lowest BCUT2D eigenvalue weighted by molar-refractivity contribution is -0.379. The molecule has 19 nitrogen and oxygen atoms in total. The van der Waals surface area contributed by atoms with Gasteiger partial charge in [0.1, 0.15) is 73.2 Å². The van der Waals surface area contributed by atoms with Crippen LogP contribution in [0.1, 0.15) is 251 Å². The Hall–Kier alpha value is -1.73. The number of carbonyl (C=O) groups is 1. The number of allylic oxidation sites excluding steroid dienone is 3. The molecule has 0 aliphatic carbocycles. The molecule has 12 N–H and O–H groups in total. The van der Waals surface area contributed by atoms with E-state index in [9.17, 15) is 61.0 Å². The molecule has 19 heteroatoms. The summed E-state index contributed by atoms with van der Waals surface area (Å²) >= 11 is 0. The second kappa shape index (κ2) is 48.2. The molecule has 0 aromatic rings. The molecule has 494 valence electrons. The van der Waals surface area contributed by atoms with Crippen LogP contribution < -0.4 is 5.32 Å². The summed E-state index contributed by atoms with van der Waals surface area (Å²) in [5, 5.41) is 120. The van der Waals surface area contributed by atoms with E-state index in [0.29, 0.717) is 12.8 Å². The van der Waals surface area contributed by atoms with Crippen LogP contribution in [0.5, 0.6) is 0 Å². The number of aliphatic hydroxyl groups is 11. The molecule has 17 unspecified atom stereocenters. The largest absolute Gasteiger partial charge is 0.394 e. The maximum Gasteiger partial charge on any atom is 0.220 e. The zero-order valence-corrected chi connectivity index (χ0v) is 51.9. The monoisotopic (exact) mass is 1200 g/mol. The highest BCUT2D eigenvalue weighted by Crippen LogP contribution is 2.33. The van der Waals surface area contributed by atoms with Crippen molar-refractivity contribution in [2.45, 2.75) is 356 Å². The van der Waals surface area contributed by atoms with E-state index in [1.807, 2.05) is 6.08 Å². The molecule has 3 fully saturated rings. The van der Waals surface area contributed by atoms with Crippen molar-refractivity contribution in [2.24, 2.45) is 0 Å². The number of rotatable bonds is 51. The van der Waals surface area contributed by atoms with Crippen LogP contribution in [0, 0.1) is 0 Å². The summed E-state index contributed by atoms with van der Waals surface area (Å²) in [6.07, 6.45) is 25.9. The third kappa shape index (κ3) is 30.7. The van der Waals surface area contributed by atoms with Gasteiger partial charge in [0.25, 0.3) is 0 Å². The molecule has 0 aromatic carbocycles. The average molecular weight is 1200 g/mol. The second-order valence-electron chi connectivity index (χ2n) is 24.3. The van der Waals surface area contributed by atoms with Gasteiger partial charge in [-0.1, -0.05) is 237 Å². The Morgan fingerprint density at radius 3 is 1.19 bits per heavy atom. The quantitative estimate of drug-likeness (QED) is 0.0204. The molecule has 3 saturated heterocycles.